The molecule has 21 heavy (non-hydrogen) atoms. The first kappa shape index (κ1) is 15.8. The predicted molar refractivity (Wildman–Crippen MR) is 83.4 cm³/mol. The monoisotopic (exact) mass is 291 g/mol. The van der Waals surface area contributed by atoms with Gasteiger partial charge in [-0.25, -0.2) is 0 Å². The second-order valence-electron chi connectivity index (χ2n) is 5.74. The molecular formula is C16H25N3O2. The lowest BCUT2D eigenvalue weighted by molar-refractivity contribution is -0.134. The van der Waals surface area contributed by atoms with E-state index in [0.29, 0.717) is 6.54 Å². The summed E-state index contributed by atoms with van der Waals surface area (Å²) in [6, 6.07) is 4.03. The van der Waals surface area contributed by atoms with Crippen LogP contribution in [0.25, 0.3) is 0 Å². The summed E-state index contributed by atoms with van der Waals surface area (Å²) in [5.74, 6) is 0.861. The van der Waals surface area contributed by atoms with Crippen LogP contribution in [0, 0.1) is 13.8 Å². The van der Waals surface area contributed by atoms with Crippen LogP contribution in [0.2, 0.25) is 0 Å². The zero-order valence-corrected chi connectivity index (χ0v) is 13.2. The predicted octanol–water partition coefficient (Wildman–Crippen LogP) is 0.915. The van der Waals surface area contributed by atoms with Crippen molar-refractivity contribution in [1.82, 2.24) is 9.80 Å². The summed E-state index contributed by atoms with van der Waals surface area (Å²) in [7, 11) is 2.07. The summed E-state index contributed by atoms with van der Waals surface area (Å²) in [6.07, 6.45) is 0. The first-order valence-electron chi connectivity index (χ1n) is 7.40. The van der Waals surface area contributed by atoms with Gasteiger partial charge in [0.25, 0.3) is 5.91 Å². The van der Waals surface area contributed by atoms with Gasteiger partial charge in [-0.1, -0.05) is 12.1 Å². The van der Waals surface area contributed by atoms with Gasteiger partial charge in [-0.15, -0.1) is 0 Å². The van der Waals surface area contributed by atoms with Crippen LogP contribution in [0.15, 0.2) is 12.1 Å². The van der Waals surface area contributed by atoms with E-state index in [2.05, 4.69) is 11.9 Å². The molecule has 5 nitrogen and oxygen atoms in total. The topological polar surface area (TPSA) is 58.8 Å². The molecule has 1 amide bonds. The van der Waals surface area contributed by atoms with Gasteiger partial charge >= 0.3 is 0 Å². The van der Waals surface area contributed by atoms with Crippen molar-refractivity contribution < 1.29 is 9.53 Å². The fourth-order valence-corrected chi connectivity index (χ4v) is 2.67. The maximum Gasteiger partial charge on any atom is 0.260 e. The molecule has 1 saturated heterocycles. The molecule has 1 fully saturated rings. The van der Waals surface area contributed by atoms with Crippen LogP contribution in [-0.2, 0) is 11.3 Å². The van der Waals surface area contributed by atoms with Gasteiger partial charge in [-0.2, -0.15) is 0 Å². The van der Waals surface area contributed by atoms with Gasteiger partial charge < -0.3 is 20.3 Å². The Bertz CT molecular complexity index is 485. The van der Waals surface area contributed by atoms with E-state index in [4.69, 9.17) is 10.5 Å². The summed E-state index contributed by atoms with van der Waals surface area (Å²) in [6.45, 7) is 8.01. The number of benzene rings is 1. The summed E-state index contributed by atoms with van der Waals surface area (Å²) in [4.78, 5) is 16.3. The number of likely N-dealkylation sites (N-methyl/N-ethyl adjacent to an activating group) is 1. The number of ether oxygens (including phenoxy) is 1. The number of rotatable bonds is 4. The summed E-state index contributed by atoms with van der Waals surface area (Å²) < 4.78 is 5.76. The molecule has 1 aliphatic heterocycles. The Kier molecular flexibility index (Phi) is 5.20. The smallest absolute Gasteiger partial charge is 0.260 e. The van der Waals surface area contributed by atoms with Crippen LogP contribution in [0.1, 0.15) is 16.7 Å². The van der Waals surface area contributed by atoms with Gasteiger partial charge in [-0.05, 0) is 37.6 Å². The van der Waals surface area contributed by atoms with E-state index in [1.54, 1.807) is 0 Å². The summed E-state index contributed by atoms with van der Waals surface area (Å²) in [5, 5.41) is 0. The number of nitrogens with two attached hydrogens (primary N) is 1. The largest absolute Gasteiger partial charge is 0.483 e. The molecule has 1 aromatic carbocycles. The van der Waals surface area contributed by atoms with Crippen molar-refractivity contribution in [3.05, 3.63) is 28.8 Å². The van der Waals surface area contributed by atoms with Gasteiger partial charge in [0.2, 0.25) is 0 Å². The maximum absolute atomic E-state index is 12.2. The Labute approximate surface area is 126 Å². The van der Waals surface area contributed by atoms with Crippen molar-refractivity contribution in [3.8, 4) is 5.75 Å². The highest BCUT2D eigenvalue weighted by atomic mass is 16.5. The number of hydrogen-bond donors (Lipinski definition) is 1. The normalized spacial score (nSPS) is 16.1. The highest BCUT2D eigenvalue weighted by Crippen LogP contribution is 2.24. The van der Waals surface area contributed by atoms with Gasteiger partial charge in [0, 0.05) is 32.7 Å². The fraction of sp³-hybridized carbons (Fsp3) is 0.562. The molecule has 0 bridgehead atoms. The minimum atomic E-state index is 0.0600. The van der Waals surface area contributed by atoms with Crippen LogP contribution in [-0.4, -0.2) is 55.5 Å². The number of aryl methyl sites for hydroxylation is 2. The standard InChI is InChI=1S/C16H25N3O2/c1-12-8-14(10-17)9-13(2)16(12)21-11-15(20)19-6-4-18(3)5-7-19/h8-9H,4-7,10-11,17H2,1-3H3. The third-order valence-electron chi connectivity index (χ3n) is 3.95. The molecule has 2 rings (SSSR count). The lowest BCUT2D eigenvalue weighted by Crippen LogP contribution is -2.48. The molecule has 1 aromatic rings. The van der Waals surface area contributed by atoms with Crippen molar-refractivity contribution >= 4 is 5.91 Å². The minimum Gasteiger partial charge on any atom is -0.483 e. The first-order chi connectivity index (χ1) is 10.0. The van der Waals surface area contributed by atoms with E-state index in [1.807, 2.05) is 30.9 Å². The first-order valence-corrected chi connectivity index (χ1v) is 7.40. The van der Waals surface area contributed by atoms with E-state index in [9.17, 15) is 4.79 Å². The lowest BCUT2D eigenvalue weighted by Gasteiger charge is -2.32. The maximum atomic E-state index is 12.2. The van der Waals surface area contributed by atoms with E-state index < -0.39 is 0 Å². The summed E-state index contributed by atoms with van der Waals surface area (Å²) in [5.41, 5.74) is 8.81. The third-order valence-corrected chi connectivity index (χ3v) is 3.95. The number of nitrogens with zero attached hydrogens (tertiary/aromatic N) is 2. The fourth-order valence-electron chi connectivity index (χ4n) is 2.67. The number of hydrogen-bond acceptors (Lipinski definition) is 4. The number of piperazine rings is 1. The Balaban J connectivity index is 1.95. The van der Waals surface area contributed by atoms with Crippen molar-refractivity contribution in [2.45, 2.75) is 20.4 Å². The Hall–Kier alpha value is -1.59. The van der Waals surface area contributed by atoms with Crippen molar-refractivity contribution in [3.63, 3.8) is 0 Å². The van der Waals surface area contributed by atoms with Crippen molar-refractivity contribution in [2.24, 2.45) is 5.73 Å². The molecule has 5 heteroatoms. The zero-order valence-electron chi connectivity index (χ0n) is 13.2. The molecule has 0 aromatic heterocycles. The van der Waals surface area contributed by atoms with Crippen LogP contribution in [0.3, 0.4) is 0 Å². The molecule has 0 saturated carbocycles. The SMILES string of the molecule is Cc1cc(CN)cc(C)c1OCC(=O)N1CCN(C)CC1. The highest BCUT2D eigenvalue weighted by molar-refractivity contribution is 5.78. The Morgan fingerprint density at radius 3 is 2.29 bits per heavy atom. The van der Waals surface area contributed by atoms with E-state index in [1.165, 1.54) is 0 Å². The van der Waals surface area contributed by atoms with Crippen LogP contribution >= 0.6 is 0 Å². The van der Waals surface area contributed by atoms with Crippen molar-refractivity contribution in [1.29, 1.82) is 0 Å². The molecule has 0 spiro atoms. The van der Waals surface area contributed by atoms with Crippen LogP contribution in [0.5, 0.6) is 5.75 Å². The molecule has 116 valence electrons. The van der Waals surface area contributed by atoms with Gasteiger partial charge in [0.1, 0.15) is 5.75 Å². The average molecular weight is 291 g/mol. The second-order valence-corrected chi connectivity index (χ2v) is 5.74. The molecule has 0 unspecified atom stereocenters. The zero-order chi connectivity index (χ0) is 15.4. The number of carbonyl (C=O) groups is 1. The molecule has 1 aliphatic rings. The van der Waals surface area contributed by atoms with Crippen molar-refractivity contribution in [2.75, 3.05) is 39.8 Å². The van der Waals surface area contributed by atoms with Gasteiger partial charge in [0.05, 0.1) is 0 Å². The minimum absolute atomic E-state index is 0.0600. The molecule has 0 aliphatic carbocycles. The Morgan fingerprint density at radius 1 is 1.19 bits per heavy atom. The molecular weight excluding hydrogens is 266 g/mol. The highest BCUT2D eigenvalue weighted by Gasteiger charge is 2.19. The lowest BCUT2D eigenvalue weighted by atomic mass is 10.1. The van der Waals surface area contributed by atoms with E-state index in [-0.39, 0.29) is 12.5 Å². The van der Waals surface area contributed by atoms with E-state index >= 15 is 0 Å². The Morgan fingerprint density at radius 2 is 1.76 bits per heavy atom. The van der Waals surface area contributed by atoms with Gasteiger partial charge in [0.15, 0.2) is 6.61 Å². The average Bonchev–Trinajstić information content (AvgIpc) is 2.46. The molecule has 2 N–H and O–H groups in total. The molecule has 0 radical (unpaired) electrons. The molecule has 0 atom stereocenters. The quantitative estimate of drug-likeness (QED) is 0.896. The van der Waals surface area contributed by atoms with Gasteiger partial charge in [-0.3, -0.25) is 4.79 Å². The van der Waals surface area contributed by atoms with E-state index in [0.717, 1.165) is 48.6 Å². The number of carbonyl (C=O) groups excluding carboxylic acids is 1. The van der Waals surface area contributed by atoms with Crippen LogP contribution in [0.4, 0.5) is 0 Å². The third kappa shape index (κ3) is 3.95. The summed E-state index contributed by atoms with van der Waals surface area (Å²) >= 11 is 0. The second kappa shape index (κ2) is 6.91. The molecule has 1 heterocycles. The number of amides is 1. The van der Waals surface area contributed by atoms with Crippen LogP contribution < -0.4 is 10.5 Å².